The average Bonchev–Trinajstić information content (AvgIpc) is 3.36. The molecule has 384 valence electrons. The molecule has 5 aromatic rings. The van der Waals surface area contributed by atoms with E-state index in [-0.39, 0.29) is 29.9 Å². The van der Waals surface area contributed by atoms with E-state index >= 15 is 8.78 Å². The zero-order valence-electron chi connectivity index (χ0n) is 42.3. The molecule has 0 saturated carbocycles. The molecule has 0 radical (unpaired) electrons. The number of pyridine rings is 1. The number of imide groups is 1. The summed E-state index contributed by atoms with van der Waals surface area (Å²) in [6, 6.07) is 15.1. The fourth-order valence-corrected chi connectivity index (χ4v) is 13.3. The maximum absolute atomic E-state index is 15.3. The number of hydrogen-bond acceptors (Lipinski definition) is 13. The first-order chi connectivity index (χ1) is 34.5. The summed E-state index contributed by atoms with van der Waals surface area (Å²) in [6.45, 7) is 18.2. The van der Waals surface area contributed by atoms with Gasteiger partial charge in [-0.25, -0.2) is 13.8 Å². The van der Waals surface area contributed by atoms with Crippen molar-refractivity contribution in [3.8, 4) is 5.75 Å². The highest BCUT2D eigenvalue weighted by Crippen LogP contribution is 2.45. The van der Waals surface area contributed by atoms with Crippen LogP contribution in [0.15, 0.2) is 59.2 Å². The summed E-state index contributed by atoms with van der Waals surface area (Å²) in [5.41, 5.74) is 5.91. The first kappa shape index (κ1) is 51.8. The van der Waals surface area contributed by atoms with Gasteiger partial charge in [0, 0.05) is 85.1 Å². The number of fused-ring (bicyclic) bond motifs is 1. The third kappa shape index (κ3) is 10.9. The molecule has 2 amide bonds. The molecule has 14 nitrogen and oxygen atoms in total. The molecule has 2 aromatic heterocycles. The molecule has 0 spiro atoms. The second-order valence-corrected chi connectivity index (χ2v) is 24.6. The van der Waals surface area contributed by atoms with E-state index in [9.17, 15) is 14.2 Å². The molecule has 4 fully saturated rings. The lowest BCUT2D eigenvalue weighted by Crippen LogP contribution is -2.59. The van der Waals surface area contributed by atoms with E-state index < -0.39 is 36.5 Å². The first-order valence-corrected chi connectivity index (χ1v) is 29.0. The minimum atomic E-state index is -2.78. The molecule has 72 heavy (non-hydrogen) atoms. The van der Waals surface area contributed by atoms with E-state index in [1.54, 1.807) is 26.6 Å². The normalized spacial score (nSPS) is 19.5. The Kier molecular flexibility index (Phi) is 15.7. The van der Waals surface area contributed by atoms with Crippen LogP contribution < -0.4 is 36.2 Å². The molecule has 1 atom stereocenters. The fourth-order valence-electron chi connectivity index (χ4n) is 11.5. The molecule has 0 aliphatic carbocycles. The van der Waals surface area contributed by atoms with Crippen LogP contribution in [-0.2, 0) is 26.1 Å². The lowest BCUT2D eigenvalue weighted by atomic mass is 9.76. The summed E-state index contributed by atoms with van der Waals surface area (Å²) in [4.78, 5) is 45.8. The van der Waals surface area contributed by atoms with Crippen LogP contribution in [0, 0.1) is 17.6 Å². The van der Waals surface area contributed by atoms with Gasteiger partial charge in [-0.3, -0.25) is 24.8 Å². The molecule has 6 heterocycles. The smallest absolute Gasteiger partial charge is 0.234 e. The third-order valence-electron chi connectivity index (χ3n) is 15.4. The van der Waals surface area contributed by atoms with E-state index in [1.165, 1.54) is 23.3 Å². The van der Waals surface area contributed by atoms with Crippen LogP contribution >= 0.6 is 23.1 Å². The molecule has 0 bridgehead atoms. The van der Waals surface area contributed by atoms with E-state index in [0.717, 1.165) is 112 Å². The first-order valence-electron chi connectivity index (χ1n) is 25.6. The summed E-state index contributed by atoms with van der Waals surface area (Å²) >= 11 is 3.66. The van der Waals surface area contributed by atoms with Crippen LogP contribution in [0.1, 0.15) is 99.9 Å². The average molecular weight is 1070 g/mol. The van der Waals surface area contributed by atoms with Crippen molar-refractivity contribution < 1.29 is 27.7 Å². The highest BCUT2D eigenvalue weighted by molar-refractivity contribution is 9.10. The number of halogens is 3. The van der Waals surface area contributed by atoms with E-state index in [2.05, 4.69) is 84.9 Å². The van der Waals surface area contributed by atoms with E-state index in [4.69, 9.17) is 14.7 Å². The van der Waals surface area contributed by atoms with Crippen molar-refractivity contribution in [2.75, 3.05) is 94.9 Å². The van der Waals surface area contributed by atoms with Crippen LogP contribution in [0.3, 0.4) is 0 Å². The van der Waals surface area contributed by atoms with Gasteiger partial charge in [0.15, 0.2) is 0 Å². The second kappa shape index (κ2) is 21.8. The maximum Gasteiger partial charge on any atom is 0.234 e. The number of rotatable bonds is 15. The zero-order chi connectivity index (χ0) is 50.9. The Bertz CT molecular complexity index is 2860. The monoisotopic (exact) mass is 1070 g/mol. The number of amides is 2. The van der Waals surface area contributed by atoms with Gasteiger partial charge in [0.05, 0.1) is 34.4 Å². The molecular formula is C54H68BrF2N10O4P. The number of hydrogen-bond donors (Lipinski definition) is 4. The van der Waals surface area contributed by atoms with Gasteiger partial charge in [-0.05, 0) is 159 Å². The number of anilines is 5. The number of carbonyl (C=O) groups is 2. The second-order valence-electron chi connectivity index (χ2n) is 20.6. The lowest BCUT2D eigenvalue weighted by molar-refractivity contribution is -0.134. The number of aromatic nitrogens is 3. The van der Waals surface area contributed by atoms with Crippen molar-refractivity contribution in [3.63, 3.8) is 0 Å². The molecule has 18 heteroatoms. The number of benzene rings is 3. The summed E-state index contributed by atoms with van der Waals surface area (Å²) in [5.74, 6) is -1.11. The van der Waals surface area contributed by atoms with Crippen molar-refractivity contribution >= 4 is 79.9 Å². The van der Waals surface area contributed by atoms with Gasteiger partial charge in [-0.2, -0.15) is 4.98 Å². The predicted octanol–water partition coefficient (Wildman–Crippen LogP) is 9.52. The van der Waals surface area contributed by atoms with Crippen LogP contribution in [0.25, 0.3) is 10.9 Å². The molecule has 4 N–H and O–H groups in total. The van der Waals surface area contributed by atoms with Crippen molar-refractivity contribution in [3.05, 3.63) is 93.2 Å². The number of carbonyl (C=O) groups excluding carboxylic acids is 2. The Morgan fingerprint density at radius 2 is 1.64 bits per heavy atom. The van der Waals surface area contributed by atoms with Crippen LogP contribution in [0.5, 0.6) is 5.75 Å². The summed E-state index contributed by atoms with van der Waals surface area (Å²) < 4.78 is 51.4. The van der Waals surface area contributed by atoms with Gasteiger partial charge in [-0.1, -0.05) is 26.8 Å². The molecule has 1 unspecified atom stereocenters. The van der Waals surface area contributed by atoms with Crippen LogP contribution in [0.2, 0.25) is 0 Å². The quantitative estimate of drug-likeness (QED) is 0.0582. The van der Waals surface area contributed by atoms with E-state index in [1.807, 2.05) is 29.2 Å². The Morgan fingerprint density at radius 3 is 2.29 bits per heavy atom. The number of piperidine rings is 3. The van der Waals surface area contributed by atoms with Gasteiger partial charge < -0.3 is 35.1 Å². The Morgan fingerprint density at radius 1 is 0.917 bits per heavy atom. The van der Waals surface area contributed by atoms with Gasteiger partial charge >= 0.3 is 0 Å². The summed E-state index contributed by atoms with van der Waals surface area (Å²) in [5, 5.41) is 14.4. The van der Waals surface area contributed by atoms with Crippen molar-refractivity contribution in [1.29, 1.82) is 0 Å². The number of nitrogens with zero attached hydrogens (tertiary/aromatic N) is 6. The molecule has 4 aliphatic rings. The largest absolute Gasteiger partial charge is 0.495 e. The minimum absolute atomic E-state index is 0.0635. The predicted molar refractivity (Wildman–Crippen MR) is 286 cm³/mol. The van der Waals surface area contributed by atoms with Gasteiger partial charge in [0.25, 0.3) is 0 Å². The number of ether oxygens (including phenoxy) is 1. The molecule has 4 aliphatic heterocycles. The highest BCUT2D eigenvalue weighted by atomic mass is 79.9. The molecule has 4 saturated heterocycles. The summed E-state index contributed by atoms with van der Waals surface area (Å²) in [6.07, 6.45) is 7.64. The van der Waals surface area contributed by atoms with Crippen molar-refractivity contribution in [2.24, 2.45) is 5.92 Å². The topological polar surface area (TPSA) is 157 Å². The van der Waals surface area contributed by atoms with Crippen LogP contribution in [-0.4, -0.2) is 116 Å². The number of piperazine rings is 1. The van der Waals surface area contributed by atoms with E-state index in [0.29, 0.717) is 52.4 Å². The maximum atomic E-state index is 15.3. The lowest BCUT2D eigenvalue weighted by Gasteiger charge is -2.51. The molecular weight excluding hydrogens is 1000 g/mol. The van der Waals surface area contributed by atoms with Crippen LogP contribution in [0.4, 0.5) is 37.6 Å². The van der Waals surface area contributed by atoms with Crippen molar-refractivity contribution in [2.45, 2.75) is 89.5 Å². The van der Waals surface area contributed by atoms with Gasteiger partial charge in [0.1, 0.15) is 30.3 Å². The summed E-state index contributed by atoms with van der Waals surface area (Å²) in [7, 11) is -1.07. The van der Waals surface area contributed by atoms with Crippen molar-refractivity contribution in [1.82, 2.24) is 35.4 Å². The number of methoxy groups -OCH3 is 1. The Balaban J connectivity index is 0.849. The molecule has 3 aromatic carbocycles. The SMILES string of the molecule is CCc1cc(Nc2ncc(Br)c(Nc3ccc4nc(C(C)C)ccc4c3P(C)(C)=O)n2)c(OC)cc1C1(N2CCN(CCC3CCN(c4cc(F)c(C5CCC(=O)NC5=O)c(F)c4)CC3)CC2)CCNCC1. The minimum Gasteiger partial charge on any atom is -0.495 e. The Hall–Kier alpha value is -5.06. The highest BCUT2D eigenvalue weighted by Gasteiger charge is 2.43. The number of nitrogens with one attached hydrogen (secondary N) is 4. The zero-order valence-corrected chi connectivity index (χ0v) is 44.8. The number of aryl methyl sites for hydroxylation is 1. The third-order valence-corrected chi connectivity index (χ3v) is 17.6. The fraction of sp³-hybridized carbons (Fsp3) is 0.500. The Labute approximate surface area is 430 Å². The van der Waals surface area contributed by atoms with Gasteiger partial charge in [0.2, 0.25) is 17.8 Å². The molecule has 9 rings (SSSR count). The van der Waals surface area contributed by atoms with Gasteiger partial charge in [-0.15, -0.1) is 0 Å². The standard InChI is InChI=1S/C54H68BrF2N10O4P/c1-7-35-28-46(62-53-59-32-40(55)51(64-53)61-45-12-11-44-37(50(45)72(5,6)70)8-10-43(60-44)33(2)3)47(71-4)31-39(35)54(17-19-58-20-18-54)67-26-24-65(25-27-67)21-14-34-15-22-66(23-16-34)36-29-41(56)49(42(57)30-36)38-9-13-48(68)63-52(38)69/h8,10-12,28-34,38,58H,7,9,13-27H2,1-6H3,(H,63,68,69)(H2,59,61,62,64).